The normalized spacial score (nSPS) is 21.8. The van der Waals surface area contributed by atoms with Gasteiger partial charge >= 0.3 is 6.03 Å². The van der Waals surface area contributed by atoms with E-state index in [1.54, 1.807) is 25.3 Å². The molecule has 2 aliphatic heterocycles. The average molecular weight is 499 g/mol. The van der Waals surface area contributed by atoms with Crippen LogP contribution in [-0.4, -0.2) is 40.0 Å². The van der Waals surface area contributed by atoms with Gasteiger partial charge in [-0.3, -0.25) is 14.5 Å². The molecule has 1 fully saturated rings. The minimum atomic E-state index is -1.28. The van der Waals surface area contributed by atoms with Crippen molar-refractivity contribution in [2.24, 2.45) is 5.10 Å². The van der Waals surface area contributed by atoms with Crippen molar-refractivity contribution in [3.05, 3.63) is 94.6 Å². The van der Waals surface area contributed by atoms with Crippen LogP contribution in [0.4, 0.5) is 4.79 Å². The van der Waals surface area contributed by atoms with Crippen LogP contribution in [0.1, 0.15) is 35.6 Å². The van der Waals surface area contributed by atoms with Gasteiger partial charge in [-0.1, -0.05) is 42.5 Å². The summed E-state index contributed by atoms with van der Waals surface area (Å²) in [6.07, 6.45) is 2.03. The maximum atomic E-state index is 13.5. The highest BCUT2D eigenvalue weighted by Crippen LogP contribution is 2.35. The third-order valence-electron chi connectivity index (χ3n) is 6.74. The molecule has 2 atom stereocenters. The molecule has 0 spiro atoms. The molecule has 2 aromatic heterocycles. The first kappa shape index (κ1) is 22.2. The molecule has 6 rings (SSSR count). The molecule has 36 heavy (non-hydrogen) atoms. The van der Waals surface area contributed by atoms with Crippen molar-refractivity contribution in [2.75, 3.05) is 6.54 Å². The number of imide groups is 1. The highest BCUT2D eigenvalue weighted by atomic mass is 32.1. The first-order valence-electron chi connectivity index (χ1n) is 11.5. The van der Waals surface area contributed by atoms with E-state index in [1.807, 2.05) is 60.0 Å². The van der Waals surface area contributed by atoms with Crippen LogP contribution in [0, 0.1) is 0 Å². The van der Waals surface area contributed by atoms with E-state index < -0.39 is 36.0 Å². The lowest BCUT2D eigenvalue weighted by Gasteiger charge is -2.24. The van der Waals surface area contributed by atoms with Crippen molar-refractivity contribution < 1.29 is 18.8 Å². The Kier molecular flexibility index (Phi) is 5.22. The van der Waals surface area contributed by atoms with Crippen LogP contribution in [0.3, 0.4) is 0 Å². The number of benzene rings is 2. The highest BCUT2D eigenvalue weighted by Gasteiger charge is 2.50. The number of furan rings is 1. The van der Waals surface area contributed by atoms with E-state index in [1.165, 1.54) is 16.3 Å². The first-order chi connectivity index (χ1) is 17.4. The molecular formula is C27H22N4O4S. The third-order valence-corrected chi connectivity index (χ3v) is 7.66. The Morgan fingerprint density at radius 3 is 2.69 bits per heavy atom. The number of amides is 4. The number of rotatable bonds is 5. The molecule has 0 aliphatic carbocycles. The number of nitrogens with zero attached hydrogens (tertiary/aromatic N) is 3. The van der Waals surface area contributed by atoms with Crippen molar-refractivity contribution in [1.29, 1.82) is 0 Å². The zero-order valence-electron chi connectivity index (χ0n) is 19.4. The quantitative estimate of drug-likeness (QED) is 0.406. The summed E-state index contributed by atoms with van der Waals surface area (Å²) in [6, 6.07) is 19.8. The number of carbonyl (C=O) groups is 3. The summed E-state index contributed by atoms with van der Waals surface area (Å²) < 4.78 is 5.58. The van der Waals surface area contributed by atoms with Gasteiger partial charge in [-0.15, -0.1) is 11.3 Å². The van der Waals surface area contributed by atoms with Gasteiger partial charge in [0, 0.05) is 6.42 Å². The predicted molar refractivity (Wildman–Crippen MR) is 135 cm³/mol. The van der Waals surface area contributed by atoms with Crippen LogP contribution in [0.15, 0.2) is 87.9 Å². The molecule has 0 radical (unpaired) electrons. The SMILES string of the molecule is CC1(c2ccc3ccccc3c2)NC(=O)N(CC(=O)N2N=C(c3cccs3)CC2c2ccco2)C1=O. The zero-order valence-corrected chi connectivity index (χ0v) is 20.2. The molecule has 0 saturated carbocycles. The van der Waals surface area contributed by atoms with E-state index in [0.717, 1.165) is 26.3 Å². The minimum absolute atomic E-state index is 0.424. The standard InChI is InChI=1S/C27H22N4O4S/c1-27(19-11-10-17-6-2-3-7-18(17)14-19)25(33)30(26(34)28-27)16-24(32)31-21(22-8-4-12-35-22)15-20(29-31)23-9-5-13-36-23/h2-14,21H,15-16H2,1H3,(H,28,34). The van der Waals surface area contributed by atoms with E-state index in [0.29, 0.717) is 17.7 Å². The summed E-state index contributed by atoms with van der Waals surface area (Å²) in [6.45, 7) is 1.24. The molecular weight excluding hydrogens is 476 g/mol. The molecule has 4 aromatic rings. The van der Waals surface area contributed by atoms with Gasteiger partial charge in [-0.2, -0.15) is 5.10 Å². The van der Waals surface area contributed by atoms with E-state index >= 15 is 0 Å². The van der Waals surface area contributed by atoms with Gasteiger partial charge in [0.2, 0.25) is 0 Å². The zero-order chi connectivity index (χ0) is 24.9. The summed E-state index contributed by atoms with van der Waals surface area (Å²) in [4.78, 5) is 41.8. The van der Waals surface area contributed by atoms with Crippen LogP contribution >= 0.6 is 11.3 Å². The number of thiophene rings is 1. The molecule has 2 aromatic carbocycles. The number of urea groups is 1. The molecule has 8 nitrogen and oxygen atoms in total. The van der Waals surface area contributed by atoms with E-state index in [9.17, 15) is 14.4 Å². The summed E-state index contributed by atoms with van der Waals surface area (Å²) in [7, 11) is 0. The average Bonchev–Trinajstić information content (AvgIpc) is 3.69. The Hall–Kier alpha value is -4.24. The monoisotopic (exact) mass is 498 g/mol. The molecule has 2 aliphatic rings. The molecule has 2 unspecified atom stereocenters. The number of hydrazone groups is 1. The maximum absolute atomic E-state index is 13.5. The first-order valence-corrected chi connectivity index (χ1v) is 12.4. The third kappa shape index (κ3) is 3.59. The van der Waals surface area contributed by atoms with Crippen molar-refractivity contribution >= 4 is 45.7 Å². The van der Waals surface area contributed by atoms with Crippen LogP contribution < -0.4 is 5.32 Å². The summed E-state index contributed by atoms with van der Waals surface area (Å²) >= 11 is 1.54. The molecule has 4 amide bonds. The molecule has 1 saturated heterocycles. The van der Waals surface area contributed by atoms with Crippen molar-refractivity contribution in [3.63, 3.8) is 0 Å². The lowest BCUT2D eigenvalue weighted by molar-refractivity contribution is -0.140. The van der Waals surface area contributed by atoms with Crippen molar-refractivity contribution in [1.82, 2.24) is 15.2 Å². The molecule has 1 N–H and O–H groups in total. The second-order valence-electron chi connectivity index (χ2n) is 9.01. The topological polar surface area (TPSA) is 95.2 Å². The van der Waals surface area contributed by atoms with Gasteiger partial charge < -0.3 is 9.73 Å². The van der Waals surface area contributed by atoms with E-state index in [-0.39, 0.29) is 0 Å². The number of hydrogen-bond donors (Lipinski definition) is 1. The Balaban J connectivity index is 1.27. The lowest BCUT2D eigenvalue weighted by atomic mass is 9.90. The molecule has 4 heterocycles. The second-order valence-corrected chi connectivity index (χ2v) is 9.95. The van der Waals surface area contributed by atoms with Gasteiger partial charge in [0.15, 0.2) is 0 Å². The number of nitrogens with one attached hydrogen (secondary N) is 1. The number of hydrogen-bond acceptors (Lipinski definition) is 6. The minimum Gasteiger partial charge on any atom is -0.467 e. The van der Waals surface area contributed by atoms with Gasteiger partial charge in [0.25, 0.3) is 11.8 Å². The lowest BCUT2D eigenvalue weighted by Crippen LogP contribution is -2.43. The number of fused-ring (bicyclic) bond motifs is 1. The summed E-state index contributed by atoms with van der Waals surface area (Å²) in [5.41, 5.74) is 0.137. The maximum Gasteiger partial charge on any atom is 0.325 e. The Morgan fingerprint density at radius 2 is 1.94 bits per heavy atom. The fourth-order valence-corrected chi connectivity index (χ4v) is 5.50. The summed E-state index contributed by atoms with van der Waals surface area (Å²) in [5, 5.41) is 12.6. The second kappa shape index (κ2) is 8.46. The van der Waals surface area contributed by atoms with E-state index in [4.69, 9.17) is 4.42 Å². The van der Waals surface area contributed by atoms with Crippen LogP contribution in [0.5, 0.6) is 0 Å². The largest absolute Gasteiger partial charge is 0.467 e. The Labute approximate surface area is 210 Å². The van der Waals surface area contributed by atoms with Gasteiger partial charge in [0.1, 0.15) is 23.9 Å². The van der Waals surface area contributed by atoms with Crippen molar-refractivity contribution in [2.45, 2.75) is 24.9 Å². The molecule has 0 bridgehead atoms. The molecule has 9 heteroatoms. The van der Waals surface area contributed by atoms with E-state index in [2.05, 4.69) is 10.4 Å². The Bertz CT molecular complexity index is 1510. The number of carbonyl (C=O) groups excluding carboxylic acids is 3. The molecule has 180 valence electrons. The fourth-order valence-electron chi connectivity index (χ4n) is 4.78. The van der Waals surface area contributed by atoms with Crippen LogP contribution in [0.25, 0.3) is 10.8 Å². The van der Waals surface area contributed by atoms with Gasteiger partial charge in [0.05, 0.1) is 16.9 Å². The highest BCUT2D eigenvalue weighted by molar-refractivity contribution is 7.12. The summed E-state index contributed by atoms with van der Waals surface area (Å²) in [5.74, 6) is -0.349. The Morgan fingerprint density at radius 1 is 1.11 bits per heavy atom. The fraction of sp³-hybridized carbons (Fsp3) is 0.185. The van der Waals surface area contributed by atoms with Crippen molar-refractivity contribution in [3.8, 4) is 0 Å². The smallest absolute Gasteiger partial charge is 0.325 e. The van der Waals surface area contributed by atoms with Crippen LogP contribution in [0.2, 0.25) is 0 Å². The van der Waals surface area contributed by atoms with Crippen LogP contribution in [-0.2, 0) is 15.1 Å². The predicted octanol–water partition coefficient (Wildman–Crippen LogP) is 4.64. The van der Waals surface area contributed by atoms with Gasteiger partial charge in [-0.05, 0) is 52.9 Å². The van der Waals surface area contributed by atoms with Gasteiger partial charge in [-0.25, -0.2) is 9.80 Å².